The quantitative estimate of drug-likeness (QED) is 0.666. The number of morpholine rings is 1. The second-order valence-electron chi connectivity index (χ2n) is 5.03. The molecular formula is C13H14F3N3O4. The fourth-order valence-electron chi connectivity index (χ4n) is 2.22. The summed E-state index contributed by atoms with van der Waals surface area (Å²) in [6, 6.07) is 1.55. The van der Waals surface area contributed by atoms with Gasteiger partial charge < -0.3 is 15.0 Å². The second-order valence-corrected chi connectivity index (χ2v) is 5.03. The number of carbonyl (C=O) groups is 1. The van der Waals surface area contributed by atoms with E-state index in [2.05, 4.69) is 5.32 Å². The Morgan fingerprint density at radius 2 is 2.17 bits per heavy atom. The first-order chi connectivity index (χ1) is 10.7. The molecule has 0 aromatic heterocycles. The van der Waals surface area contributed by atoms with E-state index in [9.17, 15) is 28.1 Å². The summed E-state index contributed by atoms with van der Waals surface area (Å²) in [5.41, 5.74) is -2.63. The van der Waals surface area contributed by atoms with Gasteiger partial charge in [0.1, 0.15) is 5.56 Å². The molecule has 1 aliphatic rings. The molecule has 1 heterocycles. The first-order valence-corrected chi connectivity index (χ1v) is 6.71. The van der Waals surface area contributed by atoms with Gasteiger partial charge in [-0.25, -0.2) is 4.79 Å². The summed E-state index contributed by atoms with van der Waals surface area (Å²) in [6.07, 6.45) is -4.89. The Labute approximate surface area is 129 Å². The van der Waals surface area contributed by atoms with Crippen LogP contribution in [-0.2, 0) is 10.9 Å². The summed E-state index contributed by atoms with van der Waals surface area (Å²) >= 11 is 0. The lowest BCUT2D eigenvalue weighted by Gasteiger charge is -2.33. The van der Waals surface area contributed by atoms with Gasteiger partial charge in [-0.1, -0.05) is 0 Å². The fourth-order valence-corrected chi connectivity index (χ4v) is 2.22. The zero-order valence-corrected chi connectivity index (χ0v) is 12.1. The van der Waals surface area contributed by atoms with Crippen molar-refractivity contribution in [3.05, 3.63) is 33.9 Å². The van der Waals surface area contributed by atoms with E-state index in [1.807, 2.05) is 0 Å². The molecule has 2 rings (SSSR count). The Morgan fingerprint density at radius 3 is 2.74 bits per heavy atom. The second kappa shape index (κ2) is 6.41. The van der Waals surface area contributed by atoms with Gasteiger partial charge in [-0.05, 0) is 19.1 Å². The number of nitro groups is 1. The molecule has 0 radical (unpaired) electrons. The number of rotatable bonds is 2. The fraction of sp³-hybridized carbons (Fsp3) is 0.462. The number of anilines is 1. The van der Waals surface area contributed by atoms with E-state index in [0.717, 1.165) is 12.1 Å². The maximum absolute atomic E-state index is 12.9. The van der Waals surface area contributed by atoms with E-state index < -0.39 is 28.4 Å². The van der Waals surface area contributed by atoms with Crippen LogP contribution in [0.1, 0.15) is 12.5 Å². The van der Waals surface area contributed by atoms with Gasteiger partial charge in [0, 0.05) is 18.3 Å². The molecule has 1 aromatic rings. The highest BCUT2D eigenvalue weighted by Crippen LogP contribution is 2.37. The lowest BCUT2D eigenvalue weighted by atomic mass is 10.1. The summed E-state index contributed by atoms with van der Waals surface area (Å²) in [6.45, 7) is 2.73. The van der Waals surface area contributed by atoms with Crippen LogP contribution in [0.2, 0.25) is 0 Å². The number of hydrogen-bond donors (Lipinski definition) is 1. The minimum absolute atomic E-state index is 0.161. The molecular weight excluding hydrogens is 319 g/mol. The largest absolute Gasteiger partial charge is 0.423 e. The molecule has 7 nitrogen and oxygen atoms in total. The predicted molar refractivity (Wildman–Crippen MR) is 74.1 cm³/mol. The number of nitrogens with one attached hydrogen (secondary N) is 1. The number of nitrogens with zero attached hydrogens (tertiary/aromatic N) is 2. The van der Waals surface area contributed by atoms with Crippen molar-refractivity contribution in [2.45, 2.75) is 19.1 Å². The van der Waals surface area contributed by atoms with Gasteiger partial charge in [0.05, 0.1) is 24.2 Å². The highest BCUT2D eigenvalue weighted by atomic mass is 19.4. The summed E-state index contributed by atoms with van der Waals surface area (Å²) in [5, 5.41) is 13.0. The molecule has 0 bridgehead atoms. The van der Waals surface area contributed by atoms with Crippen molar-refractivity contribution in [1.82, 2.24) is 4.90 Å². The van der Waals surface area contributed by atoms with Gasteiger partial charge in [0.2, 0.25) is 0 Å². The van der Waals surface area contributed by atoms with Crippen molar-refractivity contribution < 1.29 is 27.6 Å². The topological polar surface area (TPSA) is 84.7 Å². The number of hydrogen-bond acceptors (Lipinski definition) is 4. The number of carbonyl (C=O) groups excluding carboxylic acids is 1. The van der Waals surface area contributed by atoms with Crippen LogP contribution in [0.15, 0.2) is 18.2 Å². The maximum atomic E-state index is 12.9. The SMILES string of the molecule is C[C@@H]1COCCN1C(=O)Nc1ccc([N+](=O)[O-])c(C(F)(F)F)c1. The predicted octanol–water partition coefficient (Wildman–Crippen LogP) is 2.87. The van der Waals surface area contributed by atoms with Crippen molar-refractivity contribution in [3.63, 3.8) is 0 Å². The van der Waals surface area contributed by atoms with Crippen molar-refractivity contribution in [2.75, 3.05) is 25.1 Å². The summed E-state index contributed by atoms with van der Waals surface area (Å²) < 4.78 is 43.9. The van der Waals surface area contributed by atoms with E-state index in [1.54, 1.807) is 6.92 Å². The first-order valence-electron chi connectivity index (χ1n) is 6.71. The molecule has 1 N–H and O–H groups in total. The third kappa shape index (κ3) is 3.89. The zero-order valence-electron chi connectivity index (χ0n) is 12.1. The molecule has 1 aliphatic heterocycles. The summed E-state index contributed by atoms with van der Waals surface area (Å²) in [4.78, 5) is 23.1. The molecule has 0 saturated carbocycles. The lowest BCUT2D eigenvalue weighted by molar-refractivity contribution is -0.388. The normalized spacial score (nSPS) is 18.6. The molecule has 1 fully saturated rings. The van der Waals surface area contributed by atoms with E-state index in [4.69, 9.17) is 4.74 Å². The molecule has 23 heavy (non-hydrogen) atoms. The Hall–Kier alpha value is -2.36. The van der Waals surface area contributed by atoms with E-state index in [0.29, 0.717) is 25.8 Å². The molecule has 1 saturated heterocycles. The molecule has 1 atom stereocenters. The third-order valence-electron chi connectivity index (χ3n) is 3.38. The number of nitro benzene ring substituents is 1. The van der Waals surface area contributed by atoms with E-state index in [1.165, 1.54) is 4.90 Å². The Kier molecular flexibility index (Phi) is 4.73. The van der Waals surface area contributed by atoms with Crippen LogP contribution in [0.3, 0.4) is 0 Å². The molecule has 1 aromatic carbocycles. The molecule has 0 spiro atoms. The van der Waals surface area contributed by atoms with Crippen LogP contribution in [0.5, 0.6) is 0 Å². The monoisotopic (exact) mass is 333 g/mol. The Morgan fingerprint density at radius 1 is 1.48 bits per heavy atom. The highest BCUT2D eigenvalue weighted by molar-refractivity contribution is 5.90. The van der Waals surface area contributed by atoms with Gasteiger partial charge in [-0.2, -0.15) is 13.2 Å². The smallest absolute Gasteiger partial charge is 0.377 e. The minimum atomic E-state index is -4.89. The van der Waals surface area contributed by atoms with Gasteiger partial charge in [-0.15, -0.1) is 0 Å². The summed E-state index contributed by atoms with van der Waals surface area (Å²) in [7, 11) is 0. The van der Waals surface area contributed by atoms with E-state index >= 15 is 0 Å². The van der Waals surface area contributed by atoms with Crippen molar-refractivity contribution in [1.29, 1.82) is 0 Å². The van der Waals surface area contributed by atoms with Gasteiger partial charge >= 0.3 is 12.2 Å². The zero-order chi connectivity index (χ0) is 17.2. The van der Waals surface area contributed by atoms with Crippen LogP contribution in [0.25, 0.3) is 0 Å². The molecule has 126 valence electrons. The molecule has 2 amide bonds. The Bertz CT molecular complexity index is 621. The van der Waals surface area contributed by atoms with Crippen molar-refractivity contribution >= 4 is 17.4 Å². The van der Waals surface area contributed by atoms with Gasteiger partial charge in [0.25, 0.3) is 5.69 Å². The third-order valence-corrected chi connectivity index (χ3v) is 3.38. The lowest BCUT2D eigenvalue weighted by Crippen LogP contribution is -2.48. The van der Waals surface area contributed by atoms with Crippen LogP contribution >= 0.6 is 0 Å². The average molecular weight is 333 g/mol. The highest BCUT2D eigenvalue weighted by Gasteiger charge is 2.38. The minimum Gasteiger partial charge on any atom is -0.377 e. The first kappa shape index (κ1) is 17.0. The maximum Gasteiger partial charge on any atom is 0.423 e. The number of benzene rings is 1. The average Bonchev–Trinajstić information content (AvgIpc) is 2.46. The molecule has 10 heteroatoms. The number of amides is 2. The van der Waals surface area contributed by atoms with Crippen LogP contribution in [0, 0.1) is 10.1 Å². The van der Waals surface area contributed by atoms with Crippen LogP contribution in [0.4, 0.5) is 29.3 Å². The Balaban J connectivity index is 2.23. The number of alkyl halides is 3. The molecule has 0 aliphatic carbocycles. The number of ether oxygens (including phenoxy) is 1. The van der Waals surface area contributed by atoms with Gasteiger partial charge in [0.15, 0.2) is 0 Å². The number of halogens is 3. The van der Waals surface area contributed by atoms with Gasteiger partial charge in [-0.3, -0.25) is 10.1 Å². The standard InChI is InChI=1S/C13H14F3N3O4/c1-8-7-23-5-4-18(8)12(20)17-9-2-3-11(19(21)22)10(6-9)13(14,15)16/h2-3,6,8H,4-5,7H2,1H3,(H,17,20)/t8-/m1/s1. The summed E-state index contributed by atoms with van der Waals surface area (Å²) in [5.74, 6) is 0. The van der Waals surface area contributed by atoms with Crippen molar-refractivity contribution in [2.24, 2.45) is 0 Å². The van der Waals surface area contributed by atoms with Crippen LogP contribution < -0.4 is 5.32 Å². The number of urea groups is 1. The molecule has 0 unspecified atom stereocenters. The van der Waals surface area contributed by atoms with Crippen molar-refractivity contribution in [3.8, 4) is 0 Å². The van der Waals surface area contributed by atoms with E-state index in [-0.39, 0.29) is 11.7 Å². The van der Waals surface area contributed by atoms with Crippen LogP contribution in [-0.4, -0.2) is 41.7 Å².